The van der Waals surface area contributed by atoms with Gasteiger partial charge < -0.3 is 4.90 Å². The molecule has 0 saturated carbocycles. The fourth-order valence-corrected chi connectivity index (χ4v) is 4.99. The lowest BCUT2D eigenvalue weighted by molar-refractivity contribution is -0.131. The highest BCUT2D eigenvalue weighted by atomic mass is 32.2. The van der Waals surface area contributed by atoms with E-state index in [9.17, 15) is 13.2 Å². The molecule has 7 nitrogen and oxygen atoms in total. The van der Waals surface area contributed by atoms with Crippen molar-refractivity contribution in [1.82, 2.24) is 14.1 Å². The first kappa shape index (κ1) is 18.8. The molecule has 0 bridgehead atoms. The molecule has 3 rings (SSSR count). The van der Waals surface area contributed by atoms with Gasteiger partial charge in [0, 0.05) is 32.7 Å². The second-order valence-corrected chi connectivity index (χ2v) is 8.70. The summed E-state index contributed by atoms with van der Waals surface area (Å²) >= 11 is 0. The summed E-state index contributed by atoms with van der Waals surface area (Å²) in [5, 5.41) is 8.99. The highest BCUT2D eigenvalue weighted by molar-refractivity contribution is 7.89. The second-order valence-electron chi connectivity index (χ2n) is 6.76. The van der Waals surface area contributed by atoms with Gasteiger partial charge in [0.25, 0.3) is 0 Å². The molecule has 2 heterocycles. The quantitative estimate of drug-likeness (QED) is 0.779. The fraction of sp³-hybridized carbons (Fsp3) is 0.556. The second kappa shape index (κ2) is 8.16. The minimum absolute atomic E-state index is 0.139. The molecule has 0 atom stereocenters. The van der Waals surface area contributed by atoms with E-state index >= 15 is 0 Å². The van der Waals surface area contributed by atoms with Crippen LogP contribution in [0.15, 0.2) is 29.2 Å². The smallest absolute Gasteiger partial charge is 0.243 e. The van der Waals surface area contributed by atoms with E-state index in [0.29, 0.717) is 44.7 Å². The van der Waals surface area contributed by atoms with Gasteiger partial charge in [0.05, 0.1) is 23.1 Å². The molecule has 0 aliphatic carbocycles. The Labute approximate surface area is 154 Å². The molecule has 1 aromatic carbocycles. The van der Waals surface area contributed by atoms with Crippen LogP contribution in [-0.4, -0.2) is 74.2 Å². The predicted octanol–water partition coefficient (Wildman–Crippen LogP) is 0.877. The number of hydrogen-bond donors (Lipinski definition) is 0. The lowest BCUT2D eigenvalue weighted by Gasteiger charge is -2.23. The van der Waals surface area contributed by atoms with Gasteiger partial charge in [-0.15, -0.1) is 0 Å². The number of benzene rings is 1. The highest BCUT2D eigenvalue weighted by Gasteiger charge is 2.28. The van der Waals surface area contributed by atoms with Crippen LogP contribution in [0.2, 0.25) is 0 Å². The number of carbonyl (C=O) groups excluding carboxylic acids is 1. The molecule has 0 N–H and O–H groups in total. The first-order chi connectivity index (χ1) is 12.5. The summed E-state index contributed by atoms with van der Waals surface area (Å²) in [6, 6.07) is 8.09. The summed E-state index contributed by atoms with van der Waals surface area (Å²) in [7, 11) is -3.63. The van der Waals surface area contributed by atoms with Gasteiger partial charge in [-0.25, -0.2) is 8.42 Å². The van der Waals surface area contributed by atoms with Crippen molar-refractivity contribution in [3.8, 4) is 6.07 Å². The number of amides is 1. The van der Waals surface area contributed by atoms with Crippen LogP contribution in [0.25, 0.3) is 0 Å². The third-order valence-electron chi connectivity index (χ3n) is 4.97. The molecule has 26 heavy (non-hydrogen) atoms. The largest absolute Gasteiger partial charge is 0.342 e. The fourth-order valence-electron chi connectivity index (χ4n) is 3.48. The van der Waals surface area contributed by atoms with E-state index in [1.807, 2.05) is 15.9 Å². The molecule has 1 aromatic rings. The van der Waals surface area contributed by atoms with E-state index in [0.717, 1.165) is 25.9 Å². The van der Waals surface area contributed by atoms with Crippen molar-refractivity contribution in [3.05, 3.63) is 29.8 Å². The van der Waals surface area contributed by atoms with Crippen LogP contribution in [0.5, 0.6) is 0 Å². The molecule has 140 valence electrons. The van der Waals surface area contributed by atoms with Gasteiger partial charge in [-0.2, -0.15) is 9.57 Å². The first-order valence-electron chi connectivity index (χ1n) is 9.01. The summed E-state index contributed by atoms with van der Waals surface area (Å²) in [4.78, 5) is 16.4. The average molecular weight is 376 g/mol. The van der Waals surface area contributed by atoms with Gasteiger partial charge in [0.2, 0.25) is 15.9 Å². The SMILES string of the molecule is N#Cc1cccc(S(=O)(=O)N2CCCN(CC(=O)N3CCCC3)CC2)c1. The Bertz CT molecular complexity index is 797. The highest BCUT2D eigenvalue weighted by Crippen LogP contribution is 2.19. The number of rotatable bonds is 4. The summed E-state index contributed by atoms with van der Waals surface area (Å²) < 4.78 is 27.2. The van der Waals surface area contributed by atoms with Gasteiger partial charge in [-0.05, 0) is 44.0 Å². The summed E-state index contributed by atoms with van der Waals surface area (Å²) in [6.07, 6.45) is 2.82. The van der Waals surface area contributed by atoms with Gasteiger partial charge in [-0.3, -0.25) is 9.69 Å². The number of likely N-dealkylation sites (tertiary alicyclic amines) is 1. The van der Waals surface area contributed by atoms with E-state index in [1.165, 1.54) is 16.4 Å². The van der Waals surface area contributed by atoms with Gasteiger partial charge >= 0.3 is 0 Å². The maximum absolute atomic E-state index is 12.9. The number of carbonyl (C=O) groups is 1. The van der Waals surface area contributed by atoms with Crippen molar-refractivity contribution in [3.63, 3.8) is 0 Å². The van der Waals surface area contributed by atoms with E-state index < -0.39 is 10.0 Å². The van der Waals surface area contributed by atoms with E-state index in [2.05, 4.69) is 0 Å². The monoisotopic (exact) mass is 376 g/mol. The van der Waals surface area contributed by atoms with Crippen LogP contribution in [0.4, 0.5) is 0 Å². The van der Waals surface area contributed by atoms with Gasteiger partial charge in [0.15, 0.2) is 0 Å². The van der Waals surface area contributed by atoms with Crippen molar-refractivity contribution >= 4 is 15.9 Å². The molecule has 0 unspecified atom stereocenters. The molecule has 2 saturated heterocycles. The predicted molar refractivity (Wildman–Crippen MR) is 96.8 cm³/mol. The standard InChI is InChI=1S/C18H24N4O3S/c19-14-16-5-3-6-17(13-16)26(24,25)22-10-4-7-20(11-12-22)15-18(23)21-8-1-2-9-21/h3,5-6,13H,1-2,4,7-12,15H2. The summed E-state index contributed by atoms with van der Waals surface area (Å²) in [5.74, 6) is 0.139. The maximum atomic E-state index is 12.9. The molecular formula is C18H24N4O3S. The van der Waals surface area contributed by atoms with Crippen molar-refractivity contribution in [2.75, 3.05) is 45.8 Å². The van der Waals surface area contributed by atoms with Gasteiger partial charge in [-0.1, -0.05) is 6.07 Å². The Morgan fingerprint density at radius 3 is 2.54 bits per heavy atom. The number of sulfonamides is 1. The molecule has 2 aliphatic rings. The van der Waals surface area contributed by atoms with Crippen LogP contribution in [0, 0.1) is 11.3 Å². The molecule has 0 aromatic heterocycles. The normalized spacial score (nSPS) is 19.9. The Kier molecular flexibility index (Phi) is 5.91. The van der Waals surface area contributed by atoms with E-state index in [-0.39, 0.29) is 10.8 Å². The van der Waals surface area contributed by atoms with Gasteiger partial charge in [0.1, 0.15) is 0 Å². The molecule has 8 heteroatoms. The van der Waals surface area contributed by atoms with E-state index in [1.54, 1.807) is 12.1 Å². The molecule has 0 radical (unpaired) electrons. The third-order valence-corrected chi connectivity index (χ3v) is 6.86. The molecule has 1 amide bonds. The Balaban J connectivity index is 1.64. The zero-order valence-electron chi connectivity index (χ0n) is 14.8. The molecule has 2 aliphatic heterocycles. The number of hydrogen-bond acceptors (Lipinski definition) is 5. The van der Waals surface area contributed by atoms with Crippen LogP contribution in [0.1, 0.15) is 24.8 Å². The summed E-state index contributed by atoms with van der Waals surface area (Å²) in [5.41, 5.74) is 0.332. The maximum Gasteiger partial charge on any atom is 0.243 e. The molecule has 2 fully saturated rings. The van der Waals surface area contributed by atoms with Crippen molar-refractivity contribution in [2.24, 2.45) is 0 Å². The van der Waals surface area contributed by atoms with Crippen LogP contribution in [0.3, 0.4) is 0 Å². The zero-order valence-corrected chi connectivity index (χ0v) is 15.6. The van der Waals surface area contributed by atoms with Crippen molar-refractivity contribution in [1.29, 1.82) is 5.26 Å². The molecule has 0 spiro atoms. The Hall–Kier alpha value is -1.95. The third kappa shape index (κ3) is 4.23. The van der Waals surface area contributed by atoms with Crippen LogP contribution >= 0.6 is 0 Å². The van der Waals surface area contributed by atoms with Crippen molar-refractivity contribution < 1.29 is 13.2 Å². The van der Waals surface area contributed by atoms with E-state index in [4.69, 9.17) is 5.26 Å². The first-order valence-corrected chi connectivity index (χ1v) is 10.4. The average Bonchev–Trinajstić information content (AvgIpc) is 3.09. The molecular weight excluding hydrogens is 352 g/mol. The topological polar surface area (TPSA) is 84.7 Å². The van der Waals surface area contributed by atoms with Crippen LogP contribution < -0.4 is 0 Å². The summed E-state index contributed by atoms with van der Waals surface area (Å²) in [6.45, 7) is 4.06. The number of nitriles is 1. The lowest BCUT2D eigenvalue weighted by Crippen LogP contribution is -2.41. The number of nitrogens with zero attached hydrogens (tertiary/aromatic N) is 4. The minimum atomic E-state index is -3.63. The minimum Gasteiger partial charge on any atom is -0.342 e. The zero-order chi connectivity index (χ0) is 18.6. The Morgan fingerprint density at radius 2 is 1.81 bits per heavy atom. The lowest BCUT2D eigenvalue weighted by atomic mass is 10.2. The Morgan fingerprint density at radius 1 is 1.04 bits per heavy atom. The van der Waals surface area contributed by atoms with Crippen LogP contribution in [-0.2, 0) is 14.8 Å². The van der Waals surface area contributed by atoms with Crippen molar-refractivity contribution in [2.45, 2.75) is 24.2 Å².